The average Bonchev–Trinajstić information content (AvgIpc) is 3.40. The van der Waals surface area contributed by atoms with Gasteiger partial charge in [-0.3, -0.25) is 10.1 Å². The summed E-state index contributed by atoms with van der Waals surface area (Å²) >= 11 is 1.56. The standard InChI is InChI=1S/C24H27N5O2S/c1-28-11-10-21-22(15-28)32-24(26-21)27-23(30)16-3-2-4-19(13-16)31-20-9-12-29(14-20)18-7-5-17(25)6-8-18/h2-8,13,20H,9-12,14-15,25H2,1H3,(H,26,27,30)/t20-/m0/s1. The SMILES string of the molecule is CN1CCc2nc(NC(=O)c3cccc(O[C@H]4CCN(c5ccc(N)cc5)C4)c3)sc2C1. The Hall–Kier alpha value is -3.10. The van der Waals surface area contributed by atoms with E-state index in [-0.39, 0.29) is 12.0 Å². The molecule has 1 atom stereocenters. The fraction of sp³-hybridized carbons (Fsp3) is 0.333. The molecule has 1 saturated heterocycles. The Morgan fingerprint density at radius 3 is 2.91 bits per heavy atom. The number of hydrogen-bond donors (Lipinski definition) is 2. The molecule has 1 aromatic heterocycles. The van der Waals surface area contributed by atoms with Crippen LogP contribution in [-0.4, -0.2) is 48.6 Å². The number of likely N-dealkylation sites (N-methyl/N-ethyl adjacent to an activating group) is 1. The monoisotopic (exact) mass is 449 g/mol. The normalized spacial score (nSPS) is 18.4. The number of thiazole rings is 1. The van der Waals surface area contributed by atoms with E-state index in [1.807, 2.05) is 42.5 Å². The smallest absolute Gasteiger partial charge is 0.257 e. The predicted molar refractivity (Wildman–Crippen MR) is 129 cm³/mol. The Labute approximate surface area is 191 Å². The van der Waals surface area contributed by atoms with Crippen molar-refractivity contribution in [3.63, 3.8) is 0 Å². The summed E-state index contributed by atoms with van der Waals surface area (Å²) in [5, 5.41) is 3.62. The largest absolute Gasteiger partial charge is 0.488 e. The number of nitrogens with zero attached hydrogens (tertiary/aromatic N) is 3. The first-order valence-corrected chi connectivity index (χ1v) is 11.7. The molecule has 2 aliphatic heterocycles. The van der Waals surface area contributed by atoms with Gasteiger partial charge in [-0.25, -0.2) is 4.98 Å². The number of amides is 1. The summed E-state index contributed by atoms with van der Waals surface area (Å²) in [6.45, 7) is 3.62. The second kappa shape index (κ2) is 8.80. The second-order valence-electron chi connectivity index (χ2n) is 8.42. The van der Waals surface area contributed by atoms with E-state index in [1.165, 1.54) is 4.88 Å². The van der Waals surface area contributed by atoms with Crippen LogP contribution in [0.4, 0.5) is 16.5 Å². The Balaban J connectivity index is 1.21. The Bertz CT molecular complexity index is 1110. The minimum absolute atomic E-state index is 0.0774. The number of carbonyl (C=O) groups excluding carboxylic acids is 1. The summed E-state index contributed by atoms with van der Waals surface area (Å²) in [5.74, 6) is 0.548. The summed E-state index contributed by atoms with van der Waals surface area (Å²) in [6, 6.07) is 15.3. The van der Waals surface area contributed by atoms with Crippen LogP contribution >= 0.6 is 11.3 Å². The van der Waals surface area contributed by atoms with Gasteiger partial charge in [0.2, 0.25) is 0 Å². The molecule has 3 heterocycles. The zero-order valence-corrected chi connectivity index (χ0v) is 18.9. The van der Waals surface area contributed by atoms with E-state index >= 15 is 0 Å². The van der Waals surface area contributed by atoms with Crippen LogP contribution in [0.15, 0.2) is 48.5 Å². The van der Waals surface area contributed by atoms with Crippen molar-refractivity contribution in [1.82, 2.24) is 9.88 Å². The lowest BCUT2D eigenvalue weighted by atomic mass is 10.2. The third-order valence-corrected chi connectivity index (χ3v) is 6.94. The van der Waals surface area contributed by atoms with Crippen LogP contribution in [0.3, 0.4) is 0 Å². The van der Waals surface area contributed by atoms with Gasteiger partial charge in [-0.15, -0.1) is 11.3 Å². The van der Waals surface area contributed by atoms with Gasteiger partial charge < -0.3 is 20.3 Å². The van der Waals surface area contributed by atoms with Crippen LogP contribution in [0.25, 0.3) is 0 Å². The second-order valence-corrected chi connectivity index (χ2v) is 9.51. The topological polar surface area (TPSA) is 83.7 Å². The van der Waals surface area contributed by atoms with Crippen molar-refractivity contribution in [3.05, 3.63) is 64.7 Å². The van der Waals surface area contributed by atoms with Gasteiger partial charge in [0.05, 0.1) is 12.2 Å². The molecule has 3 N–H and O–H groups in total. The van der Waals surface area contributed by atoms with E-state index in [0.29, 0.717) is 16.4 Å². The minimum Gasteiger partial charge on any atom is -0.488 e. The Kier molecular flexibility index (Phi) is 5.71. The molecule has 0 saturated carbocycles. The number of fused-ring (bicyclic) bond motifs is 1. The molecule has 5 rings (SSSR count). The Morgan fingerprint density at radius 2 is 2.06 bits per heavy atom. The molecule has 0 spiro atoms. The van der Waals surface area contributed by atoms with E-state index in [1.54, 1.807) is 17.4 Å². The summed E-state index contributed by atoms with van der Waals surface area (Å²) in [5.41, 5.74) is 9.38. The van der Waals surface area contributed by atoms with E-state index in [0.717, 1.165) is 56.1 Å². The van der Waals surface area contributed by atoms with Gasteiger partial charge in [-0.2, -0.15) is 0 Å². The van der Waals surface area contributed by atoms with Crippen LogP contribution in [0.2, 0.25) is 0 Å². The van der Waals surface area contributed by atoms with E-state index in [4.69, 9.17) is 10.5 Å². The summed E-state index contributed by atoms with van der Waals surface area (Å²) in [7, 11) is 2.10. The van der Waals surface area contributed by atoms with Crippen molar-refractivity contribution >= 4 is 33.8 Å². The molecule has 1 fully saturated rings. The van der Waals surface area contributed by atoms with E-state index < -0.39 is 0 Å². The van der Waals surface area contributed by atoms with Gasteiger partial charge >= 0.3 is 0 Å². The summed E-state index contributed by atoms with van der Waals surface area (Å²) in [4.78, 5) is 23.2. The average molecular weight is 450 g/mol. The van der Waals surface area contributed by atoms with Crippen molar-refractivity contribution in [2.75, 3.05) is 42.6 Å². The molecule has 8 heteroatoms. The lowest BCUT2D eigenvalue weighted by Gasteiger charge is -2.20. The molecule has 0 aliphatic carbocycles. The van der Waals surface area contributed by atoms with Crippen LogP contribution in [0.1, 0.15) is 27.3 Å². The highest BCUT2D eigenvalue weighted by atomic mass is 32.1. The number of anilines is 3. The van der Waals surface area contributed by atoms with Gasteiger partial charge in [0, 0.05) is 54.3 Å². The highest BCUT2D eigenvalue weighted by Gasteiger charge is 2.25. The zero-order valence-electron chi connectivity index (χ0n) is 18.1. The number of nitrogens with one attached hydrogen (secondary N) is 1. The summed E-state index contributed by atoms with van der Waals surface area (Å²) in [6.07, 6.45) is 1.93. The maximum atomic E-state index is 12.8. The van der Waals surface area contributed by atoms with Crippen molar-refractivity contribution in [2.45, 2.75) is 25.5 Å². The third-order valence-electron chi connectivity index (χ3n) is 5.94. The first-order chi connectivity index (χ1) is 15.5. The quantitative estimate of drug-likeness (QED) is 0.579. The number of nitrogens with two attached hydrogens (primary N) is 1. The third kappa shape index (κ3) is 4.56. The Morgan fingerprint density at radius 1 is 1.22 bits per heavy atom. The van der Waals surface area contributed by atoms with E-state index in [9.17, 15) is 4.79 Å². The molecule has 0 bridgehead atoms. The number of aromatic nitrogens is 1. The summed E-state index contributed by atoms with van der Waals surface area (Å²) < 4.78 is 6.20. The first kappa shape index (κ1) is 20.8. The molecule has 1 amide bonds. The molecule has 7 nitrogen and oxygen atoms in total. The first-order valence-electron chi connectivity index (χ1n) is 10.9. The van der Waals surface area contributed by atoms with Gasteiger partial charge in [0.15, 0.2) is 5.13 Å². The number of hydrogen-bond acceptors (Lipinski definition) is 7. The van der Waals surface area contributed by atoms with Gasteiger partial charge in [-0.1, -0.05) is 6.07 Å². The predicted octanol–water partition coefficient (Wildman–Crippen LogP) is 3.62. The van der Waals surface area contributed by atoms with Crippen molar-refractivity contribution in [2.24, 2.45) is 0 Å². The van der Waals surface area contributed by atoms with Gasteiger partial charge in [0.1, 0.15) is 11.9 Å². The van der Waals surface area contributed by atoms with Crippen LogP contribution in [0.5, 0.6) is 5.75 Å². The van der Waals surface area contributed by atoms with Crippen LogP contribution < -0.4 is 20.7 Å². The molecular formula is C24H27N5O2S. The molecule has 2 aliphatic rings. The fourth-order valence-corrected chi connectivity index (χ4v) is 5.28. The van der Waals surface area contributed by atoms with Crippen LogP contribution in [0, 0.1) is 0 Å². The maximum absolute atomic E-state index is 12.8. The number of benzene rings is 2. The number of ether oxygens (including phenoxy) is 1. The van der Waals surface area contributed by atoms with Crippen molar-refractivity contribution < 1.29 is 9.53 Å². The molecular weight excluding hydrogens is 422 g/mol. The number of nitrogen functional groups attached to an aromatic ring is 1. The highest BCUT2D eigenvalue weighted by molar-refractivity contribution is 7.15. The zero-order chi connectivity index (χ0) is 22.1. The number of carbonyl (C=O) groups is 1. The molecule has 32 heavy (non-hydrogen) atoms. The molecule has 2 aromatic carbocycles. The van der Waals surface area contributed by atoms with E-state index in [2.05, 4.69) is 27.1 Å². The molecule has 3 aromatic rings. The minimum atomic E-state index is -0.162. The van der Waals surface area contributed by atoms with Crippen molar-refractivity contribution in [1.29, 1.82) is 0 Å². The van der Waals surface area contributed by atoms with Gasteiger partial charge in [-0.05, 0) is 49.5 Å². The lowest BCUT2D eigenvalue weighted by molar-refractivity contribution is 0.102. The molecule has 166 valence electrons. The fourth-order valence-electron chi connectivity index (χ4n) is 4.19. The molecule has 0 unspecified atom stereocenters. The highest BCUT2D eigenvalue weighted by Crippen LogP contribution is 2.29. The molecule has 0 radical (unpaired) electrons. The van der Waals surface area contributed by atoms with Gasteiger partial charge in [0.25, 0.3) is 5.91 Å². The van der Waals surface area contributed by atoms with Crippen molar-refractivity contribution in [3.8, 4) is 5.75 Å². The number of rotatable bonds is 5. The lowest BCUT2D eigenvalue weighted by Crippen LogP contribution is -2.25. The van der Waals surface area contributed by atoms with Crippen LogP contribution in [-0.2, 0) is 13.0 Å². The maximum Gasteiger partial charge on any atom is 0.257 e.